The Morgan fingerprint density at radius 3 is 2.72 bits per heavy atom. The first-order valence-corrected chi connectivity index (χ1v) is 6.01. The average Bonchev–Trinajstić information content (AvgIpc) is 2.38. The molecule has 0 saturated carbocycles. The van der Waals surface area contributed by atoms with Crippen LogP contribution in [0.3, 0.4) is 0 Å². The summed E-state index contributed by atoms with van der Waals surface area (Å²) in [7, 11) is 0. The third-order valence-corrected chi connectivity index (χ3v) is 3.18. The third-order valence-electron chi connectivity index (χ3n) is 3.18. The summed E-state index contributed by atoms with van der Waals surface area (Å²) in [5, 5.41) is 10.9. The molecule has 1 atom stereocenters. The van der Waals surface area contributed by atoms with Gasteiger partial charge < -0.3 is 4.90 Å². The van der Waals surface area contributed by atoms with Crippen LogP contribution in [0.4, 0.5) is 0 Å². The fourth-order valence-electron chi connectivity index (χ4n) is 2.07. The summed E-state index contributed by atoms with van der Waals surface area (Å²) in [6.07, 6.45) is 6.12. The Hall–Kier alpha value is -2.10. The van der Waals surface area contributed by atoms with E-state index >= 15 is 0 Å². The molecule has 1 aliphatic rings. The molecule has 94 valence electrons. The molecule has 0 radical (unpaired) electrons. The lowest BCUT2D eigenvalue weighted by Gasteiger charge is -2.27. The van der Waals surface area contributed by atoms with Gasteiger partial charge in [-0.15, -0.1) is 0 Å². The highest BCUT2D eigenvalue weighted by molar-refractivity contribution is 5.19. The van der Waals surface area contributed by atoms with Gasteiger partial charge in [-0.2, -0.15) is 0 Å². The summed E-state index contributed by atoms with van der Waals surface area (Å²) < 4.78 is 0. The van der Waals surface area contributed by atoms with Crippen molar-refractivity contribution in [1.29, 1.82) is 0 Å². The van der Waals surface area contributed by atoms with Crippen LogP contribution in [0.15, 0.2) is 54.4 Å². The second-order valence-corrected chi connectivity index (χ2v) is 4.34. The predicted octanol–water partition coefficient (Wildman–Crippen LogP) is 2.61. The molecule has 1 heterocycles. The first-order valence-electron chi connectivity index (χ1n) is 6.01. The van der Waals surface area contributed by atoms with Crippen LogP contribution in [0.2, 0.25) is 0 Å². The average molecular weight is 244 g/mol. The van der Waals surface area contributed by atoms with Crippen LogP contribution in [0.5, 0.6) is 0 Å². The van der Waals surface area contributed by atoms with E-state index in [1.165, 1.54) is 5.56 Å². The van der Waals surface area contributed by atoms with Crippen molar-refractivity contribution < 1.29 is 4.92 Å². The molecule has 0 bridgehead atoms. The molecule has 18 heavy (non-hydrogen) atoms. The van der Waals surface area contributed by atoms with Crippen LogP contribution in [0.25, 0.3) is 0 Å². The van der Waals surface area contributed by atoms with Gasteiger partial charge in [0.15, 0.2) is 0 Å². The Bertz CT molecular complexity index is 480. The molecule has 4 nitrogen and oxygen atoms in total. The van der Waals surface area contributed by atoms with Crippen LogP contribution in [-0.4, -0.2) is 22.4 Å². The van der Waals surface area contributed by atoms with Gasteiger partial charge >= 0.3 is 0 Å². The molecule has 2 rings (SSSR count). The van der Waals surface area contributed by atoms with Crippen LogP contribution in [0, 0.1) is 10.1 Å². The Kier molecular flexibility index (Phi) is 3.77. The van der Waals surface area contributed by atoms with Gasteiger partial charge in [-0.25, -0.2) is 0 Å². The fourth-order valence-corrected chi connectivity index (χ4v) is 2.07. The van der Waals surface area contributed by atoms with Crippen molar-refractivity contribution in [1.82, 2.24) is 4.90 Å². The number of nitro groups is 1. The van der Waals surface area contributed by atoms with Gasteiger partial charge in [-0.1, -0.05) is 30.3 Å². The highest BCUT2D eigenvalue weighted by Gasteiger charge is 2.26. The predicted molar refractivity (Wildman–Crippen MR) is 70.5 cm³/mol. The molecule has 4 heteroatoms. The molecule has 0 aliphatic carbocycles. The second kappa shape index (κ2) is 5.49. The standard InChI is InChI=1S/C14H16N2O2/c1-12-14(16(17)18)8-5-10-15(12)11-9-13-6-3-2-4-7-13/h2-8,10,12H,9,11H2,1H3. The minimum atomic E-state index is -0.302. The lowest BCUT2D eigenvalue weighted by Crippen LogP contribution is -2.35. The van der Waals surface area contributed by atoms with E-state index in [1.807, 2.05) is 36.2 Å². The zero-order valence-electron chi connectivity index (χ0n) is 10.3. The maximum absolute atomic E-state index is 10.9. The Balaban J connectivity index is 1.97. The summed E-state index contributed by atoms with van der Waals surface area (Å²) >= 11 is 0. The van der Waals surface area contributed by atoms with Gasteiger partial charge in [-0.05, 0) is 25.0 Å². The molecule has 1 aliphatic heterocycles. The summed E-state index contributed by atoms with van der Waals surface area (Å²) in [4.78, 5) is 12.6. The zero-order chi connectivity index (χ0) is 13.0. The molecule has 0 spiro atoms. The van der Waals surface area contributed by atoms with E-state index in [4.69, 9.17) is 0 Å². The van der Waals surface area contributed by atoms with Gasteiger partial charge in [0.25, 0.3) is 5.70 Å². The normalized spacial score (nSPS) is 18.6. The number of hydrogen-bond acceptors (Lipinski definition) is 3. The summed E-state index contributed by atoms with van der Waals surface area (Å²) in [6, 6.07) is 9.97. The molecule has 0 fully saturated rings. The molecule has 1 aromatic rings. The minimum Gasteiger partial charge on any atom is -0.364 e. The van der Waals surface area contributed by atoms with E-state index in [9.17, 15) is 10.1 Å². The number of nitrogens with zero attached hydrogens (tertiary/aromatic N) is 2. The molecule has 0 N–H and O–H groups in total. The second-order valence-electron chi connectivity index (χ2n) is 4.34. The van der Waals surface area contributed by atoms with Gasteiger partial charge in [-0.3, -0.25) is 10.1 Å². The van der Waals surface area contributed by atoms with E-state index in [1.54, 1.807) is 12.2 Å². The van der Waals surface area contributed by atoms with Crippen LogP contribution < -0.4 is 0 Å². The highest BCUT2D eigenvalue weighted by Crippen LogP contribution is 2.17. The van der Waals surface area contributed by atoms with Gasteiger partial charge in [0.1, 0.15) is 6.04 Å². The Morgan fingerprint density at radius 2 is 2.06 bits per heavy atom. The largest absolute Gasteiger partial charge is 0.364 e. The first-order chi connectivity index (χ1) is 8.68. The monoisotopic (exact) mass is 244 g/mol. The van der Waals surface area contributed by atoms with Gasteiger partial charge in [0.2, 0.25) is 0 Å². The van der Waals surface area contributed by atoms with E-state index in [-0.39, 0.29) is 16.7 Å². The van der Waals surface area contributed by atoms with E-state index in [0.717, 1.165) is 13.0 Å². The van der Waals surface area contributed by atoms with Crippen molar-refractivity contribution in [3.63, 3.8) is 0 Å². The number of benzene rings is 1. The molecular formula is C14H16N2O2. The minimum absolute atomic E-state index is 0.172. The zero-order valence-corrected chi connectivity index (χ0v) is 10.3. The number of allylic oxidation sites excluding steroid dienone is 2. The van der Waals surface area contributed by atoms with Crippen molar-refractivity contribution in [2.75, 3.05) is 6.54 Å². The van der Waals surface area contributed by atoms with E-state index < -0.39 is 0 Å². The molecular weight excluding hydrogens is 228 g/mol. The number of hydrogen-bond donors (Lipinski definition) is 0. The maximum Gasteiger partial charge on any atom is 0.268 e. The molecule has 0 amide bonds. The van der Waals surface area contributed by atoms with Crippen molar-refractivity contribution in [2.45, 2.75) is 19.4 Å². The molecule has 0 saturated heterocycles. The van der Waals surface area contributed by atoms with E-state index in [2.05, 4.69) is 12.1 Å². The van der Waals surface area contributed by atoms with Gasteiger partial charge in [0, 0.05) is 18.8 Å². The molecule has 0 aromatic heterocycles. The fraction of sp³-hybridized carbons (Fsp3) is 0.286. The highest BCUT2D eigenvalue weighted by atomic mass is 16.6. The lowest BCUT2D eigenvalue weighted by molar-refractivity contribution is -0.432. The van der Waals surface area contributed by atoms with Crippen LogP contribution in [0.1, 0.15) is 12.5 Å². The topological polar surface area (TPSA) is 46.4 Å². The lowest BCUT2D eigenvalue weighted by atomic mass is 10.1. The third kappa shape index (κ3) is 2.77. The SMILES string of the molecule is CC1C([N+](=O)[O-])=CC=CN1CCc1ccccc1. The first kappa shape index (κ1) is 12.4. The molecule has 1 unspecified atom stereocenters. The molecule has 1 aromatic carbocycles. The number of rotatable bonds is 4. The van der Waals surface area contributed by atoms with Crippen LogP contribution in [-0.2, 0) is 6.42 Å². The summed E-state index contributed by atoms with van der Waals surface area (Å²) in [6.45, 7) is 2.65. The van der Waals surface area contributed by atoms with Crippen molar-refractivity contribution in [3.05, 3.63) is 70.1 Å². The quantitative estimate of drug-likeness (QED) is 0.604. The van der Waals surface area contributed by atoms with Crippen molar-refractivity contribution in [2.24, 2.45) is 0 Å². The summed E-state index contributed by atoms with van der Waals surface area (Å²) in [5.74, 6) is 0. The van der Waals surface area contributed by atoms with E-state index in [0.29, 0.717) is 0 Å². The maximum atomic E-state index is 10.9. The van der Waals surface area contributed by atoms with Crippen molar-refractivity contribution in [3.8, 4) is 0 Å². The Labute approximate surface area is 106 Å². The van der Waals surface area contributed by atoms with Crippen LogP contribution >= 0.6 is 0 Å². The van der Waals surface area contributed by atoms with Crippen molar-refractivity contribution >= 4 is 0 Å². The Morgan fingerprint density at radius 1 is 1.33 bits per heavy atom. The summed E-state index contributed by atoms with van der Waals surface area (Å²) in [5.41, 5.74) is 1.50. The van der Waals surface area contributed by atoms with Gasteiger partial charge in [0.05, 0.1) is 4.92 Å². The smallest absolute Gasteiger partial charge is 0.268 e.